The normalized spacial score (nSPS) is 22.1. The molecule has 0 spiro atoms. The molecule has 1 aromatic carbocycles. The lowest BCUT2D eigenvalue weighted by atomic mass is 9.87. The molecule has 1 unspecified atom stereocenters. The van der Waals surface area contributed by atoms with E-state index in [0.717, 1.165) is 12.0 Å². The third-order valence-electron chi connectivity index (χ3n) is 4.26. The lowest BCUT2D eigenvalue weighted by molar-refractivity contribution is -0.131. The van der Waals surface area contributed by atoms with Gasteiger partial charge in [0.2, 0.25) is 0 Å². The van der Waals surface area contributed by atoms with Crippen LogP contribution in [-0.2, 0) is 16.8 Å². The van der Waals surface area contributed by atoms with Gasteiger partial charge in [0.25, 0.3) is 5.91 Å². The smallest absolute Gasteiger partial charge is 0.323 e. The molecule has 22 heavy (non-hydrogen) atoms. The summed E-state index contributed by atoms with van der Waals surface area (Å²) in [7, 11) is 0. The van der Waals surface area contributed by atoms with Crippen molar-refractivity contribution in [3.8, 4) is 0 Å². The van der Waals surface area contributed by atoms with E-state index in [1.807, 2.05) is 19.1 Å². The molecule has 1 aliphatic rings. The monoisotopic (exact) mass is 302 g/mol. The molecule has 0 aromatic heterocycles. The van der Waals surface area contributed by atoms with Gasteiger partial charge in [0.15, 0.2) is 0 Å². The minimum Gasteiger partial charge on any atom is -0.323 e. The van der Waals surface area contributed by atoms with Crippen LogP contribution >= 0.6 is 0 Å². The molecule has 1 atom stereocenters. The zero-order chi connectivity index (χ0) is 16.5. The maximum Gasteiger partial charge on any atom is 0.325 e. The summed E-state index contributed by atoms with van der Waals surface area (Å²) >= 11 is 0. The summed E-state index contributed by atoms with van der Waals surface area (Å²) < 4.78 is 0. The Morgan fingerprint density at radius 3 is 2.23 bits per heavy atom. The van der Waals surface area contributed by atoms with Crippen LogP contribution in [0.15, 0.2) is 24.3 Å². The van der Waals surface area contributed by atoms with Gasteiger partial charge in [-0.05, 0) is 29.9 Å². The molecule has 1 heterocycles. The van der Waals surface area contributed by atoms with Gasteiger partial charge in [-0.3, -0.25) is 9.69 Å². The van der Waals surface area contributed by atoms with E-state index in [1.165, 1.54) is 10.5 Å². The van der Waals surface area contributed by atoms with E-state index in [2.05, 4.69) is 38.2 Å². The molecular weight excluding hydrogens is 276 g/mol. The first kappa shape index (κ1) is 16.5. The van der Waals surface area contributed by atoms with Gasteiger partial charge >= 0.3 is 6.03 Å². The average Bonchev–Trinajstić information content (AvgIpc) is 2.62. The second-order valence-electron chi connectivity index (χ2n) is 7.35. The highest BCUT2D eigenvalue weighted by atomic mass is 16.2. The van der Waals surface area contributed by atoms with Crippen LogP contribution in [0.3, 0.4) is 0 Å². The summed E-state index contributed by atoms with van der Waals surface area (Å²) in [6, 6.07) is 7.84. The van der Waals surface area contributed by atoms with Crippen LogP contribution in [0, 0.1) is 0 Å². The first-order chi connectivity index (χ1) is 10.2. The van der Waals surface area contributed by atoms with Gasteiger partial charge in [-0.15, -0.1) is 0 Å². The van der Waals surface area contributed by atoms with Crippen molar-refractivity contribution in [2.24, 2.45) is 0 Å². The molecule has 1 fully saturated rings. The largest absolute Gasteiger partial charge is 0.325 e. The number of nitrogens with one attached hydrogen (secondary N) is 1. The summed E-state index contributed by atoms with van der Waals surface area (Å²) in [6.07, 6.45) is 1.52. The maximum atomic E-state index is 12.5. The highest BCUT2D eigenvalue weighted by Gasteiger charge is 2.46. The van der Waals surface area contributed by atoms with Gasteiger partial charge in [0.1, 0.15) is 5.54 Å². The number of imide groups is 1. The number of benzene rings is 1. The summed E-state index contributed by atoms with van der Waals surface area (Å²) in [6.45, 7) is 10.6. The van der Waals surface area contributed by atoms with E-state index in [-0.39, 0.29) is 17.4 Å². The number of rotatable bonds is 4. The molecule has 0 saturated carbocycles. The molecule has 0 aliphatic carbocycles. The Kier molecular flexibility index (Phi) is 4.32. The van der Waals surface area contributed by atoms with E-state index in [0.29, 0.717) is 13.0 Å². The highest BCUT2D eigenvalue weighted by molar-refractivity contribution is 6.06. The van der Waals surface area contributed by atoms with Gasteiger partial charge in [0, 0.05) is 0 Å². The zero-order valence-corrected chi connectivity index (χ0v) is 14.2. The first-order valence-corrected chi connectivity index (χ1v) is 7.91. The van der Waals surface area contributed by atoms with Crippen molar-refractivity contribution in [1.29, 1.82) is 0 Å². The number of urea groups is 1. The standard InChI is InChI=1S/C18H26N2O2/c1-6-11-18(5)15(21)20(16(22)19-18)12-13-7-9-14(10-8-13)17(2,3)4/h7-10H,6,11-12H2,1-5H3,(H,19,22). The van der Waals surface area contributed by atoms with E-state index in [9.17, 15) is 9.59 Å². The molecule has 0 bridgehead atoms. The second kappa shape index (κ2) is 5.75. The minimum absolute atomic E-state index is 0.0963. The third kappa shape index (κ3) is 3.16. The van der Waals surface area contributed by atoms with Gasteiger partial charge in [-0.25, -0.2) is 4.79 Å². The molecule has 2 rings (SSSR count). The van der Waals surface area contributed by atoms with Crippen LogP contribution in [0.5, 0.6) is 0 Å². The number of amides is 3. The number of carbonyl (C=O) groups is 2. The van der Waals surface area contributed by atoms with Crippen LogP contribution in [-0.4, -0.2) is 22.4 Å². The van der Waals surface area contributed by atoms with Crippen molar-refractivity contribution in [1.82, 2.24) is 10.2 Å². The van der Waals surface area contributed by atoms with Crippen LogP contribution in [0.4, 0.5) is 4.79 Å². The lowest BCUT2D eigenvalue weighted by Crippen LogP contribution is -2.43. The van der Waals surface area contributed by atoms with Gasteiger partial charge in [-0.1, -0.05) is 58.4 Å². The number of nitrogens with zero attached hydrogens (tertiary/aromatic N) is 1. The van der Waals surface area contributed by atoms with E-state index < -0.39 is 5.54 Å². The Hall–Kier alpha value is -1.84. The number of hydrogen-bond acceptors (Lipinski definition) is 2. The Balaban J connectivity index is 2.14. The average molecular weight is 302 g/mol. The van der Waals surface area contributed by atoms with Crippen molar-refractivity contribution in [3.05, 3.63) is 35.4 Å². The molecular formula is C18H26N2O2. The first-order valence-electron chi connectivity index (χ1n) is 7.91. The number of carbonyl (C=O) groups excluding carboxylic acids is 2. The van der Waals surface area contributed by atoms with Crippen molar-refractivity contribution in [2.45, 2.75) is 65.0 Å². The third-order valence-corrected chi connectivity index (χ3v) is 4.26. The summed E-state index contributed by atoms with van der Waals surface area (Å²) in [5, 5.41) is 2.82. The van der Waals surface area contributed by atoms with Crippen LogP contribution in [0.2, 0.25) is 0 Å². The fraction of sp³-hybridized carbons (Fsp3) is 0.556. The SMILES string of the molecule is CCCC1(C)NC(=O)N(Cc2ccc(C(C)(C)C)cc2)C1=O. The Bertz CT molecular complexity index is 572. The van der Waals surface area contributed by atoms with Crippen molar-refractivity contribution < 1.29 is 9.59 Å². The molecule has 1 saturated heterocycles. The quantitative estimate of drug-likeness (QED) is 0.864. The highest BCUT2D eigenvalue weighted by Crippen LogP contribution is 2.26. The van der Waals surface area contributed by atoms with Crippen LogP contribution in [0.1, 0.15) is 58.6 Å². The van der Waals surface area contributed by atoms with E-state index in [1.54, 1.807) is 6.92 Å². The summed E-state index contributed by atoms with van der Waals surface area (Å²) in [4.78, 5) is 25.9. The molecule has 3 amide bonds. The fourth-order valence-corrected chi connectivity index (χ4v) is 2.85. The molecule has 1 aromatic rings. The molecule has 1 N–H and O–H groups in total. The van der Waals surface area contributed by atoms with Gasteiger partial charge < -0.3 is 5.32 Å². The van der Waals surface area contributed by atoms with Gasteiger partial charge in [-0.2, -0.15) is 0 Å². The molecule has 4 nitrogen and oxygen atoms in total. The minimum atomic E-state index is -0.753. The van der Waals surface area contributed by atoms with Crippen molar-refractivity contribution in [3.63, 3.8) is 0 Å². The fourth-order valence-electron chi connectivity index (χ4n) is 2.85. The predicted molar refractivity (Wildman–Crippen MR) is 87.5 cm³/mol. The van der Waals surface area contributed by atoms with Crippen LogP contribution < -0.4 is 5.32 Å². The van der Waals surface area contributed by atoms with Crippen molar-refractivity contribution >= 4 is 11.9 Å². The molecule has 0 radical (unpaired) electrons. The van der Waals surface area contributed by atoms with E-state index in [4.69, 9.17) is 0 Å². The van der Waals surface area contributed by atoms with Crippen LogP contribution in [0.25, 0.3) is 0 Å². The topological polar surface area (TPSA) is 49.4 Å². The Labute approximate surface area is 132 Å². The maximum absolute atomic E-state index is 12.5. The second-order valence-corrected chi connectivity index (χ2v) is 7.35. The summed E-state index contributed by atoms with van der Waals surface area (Å²) in [5.74, 6) is -0.126. The Morgan fingerprint density at radius 1 is 1.14 bits per heavy atom. The summed E-state index contributed by atoms with van der Waals surface area (Å²) in [5.41, 5.74) is 1.55. The van der Waals surface area contributed by atoms with E-state index >= 15 is 0 Å². The van der Waals surface area contributed by atoms with Gasteiger partial charge in [0.05, 0.1) is 6.54 Å². The lowest BCUT2D eigenvalue weighted by Gasteiger charge is -2.21. The molecule has 120 valence electrons. The number of hydrogen-bond donors (Lipinski definition) is 1. The Morgan fingerprint density at radius 2 is 1.73 bits per heavy atom. The molecule has 1 aliphatic heterocycles. The zero-order valence-electron chi connectivity index (χ0n) is 14.2. The predicted octanol–water partition coefficient (Wildman–Crippen LogP) is 3.59. The van der Waals surface area contributed by atoms with Crippen molar-refractivity contribution in [2.75, 3.05) is 0 Å². The molecule has 4 heteroatoms.